The third-order valence-electron chi connectivity index (χ3n) is 4.57. The van der Waals surface area contributed by atoms with Gasteiger partial charge in [-0.1, -0.05) is 12.1 Å². The van der Waals surface area contributed by atoms with Crippen molar-refractivity contribution in [3.8, 4) is 0 Å². The molecular formula is C18H27N3O3. The zero-order valence-electron chi connectivity index (χ0n) is 14.4. The molecule has 0 radical (unpaired) electrons. The number of anilines is 1. The molecule has 0 aromatic heterocycles. The Balaban J connectivity index is 1.36. The molecule has 1 amide bonds. The number of aryl methyl sites for hydroxylation is 1. The lowest BCUT2D eigenvalue weighted by molar-refractivity contribution is -0.147. The zero-order valence-corrected chi connectivity index (χ0v) is 14.4. The molecule has 1 aromatic carbocycles. The number of nitrogens with one attached hydrogen (secondary N) is 1. The Labute approximate surface area is 143 Å². The average molecular weight is 333 g/mol. The quantitative estimate of drug-likeness (QED) is 0.857. The molecule has 2 saturated heterocycles. The molecule has 0 aliphatic carbocycles. The van der Waals surface area contributed by atoms with Crippen LogP contribution >= 0.6 is 0 Å². The second-order valence-corrected chi connectivity index (χ2v) is 6.39. The van der Waals surface area contributed by atoms with Crippen LogP contribution in [0.15, 0.2) is 24.3 Å². The molecule has 0 bridgehead atoms. The highest BCUT2D eigenvalue weighted by molar-refractivity contribution is 5.80. The normalized spacial score (nSPS) is 22.4. The van der Waals surface area contributed by atoms with E-state index in [0.717, 1.165) is 32.7 Å². The number of rotatable bonds is 5. The van der Waals surface area contributed by atoms with Crippen molar-refractivity contribution in [2.24, 2.45) is 0 Å². The van der Waals surface area contributed by atoms with Crippen molar-refractivity contribution >= 4 is 11.6 Å². The first-order valence-corrected chi connectivity index (χ1v) is 8.73. The molecule has 1 aromatic rings. The minimum Gasteiger partial charge on any atom is -0.376 e. The first-order valence-electron chi connectivity index (χ1n) is 8.73. The first kappa shape index (κ1) is 17.2. The van der Waals surface area contributed by atoms with Crippen LogP contribution in [0.1, 0.15) is 5.56 Å². The van der Waals surface area contributed by atoms with E-state index in [4.69, 9.17) is 9.47 Å². The van der Waals surface area contributed by atoms with E-state index >= 15 is 0 Å². The van der Waals surface area contributed by atoms with Crippen LogP contribution < -0.4 is 10.2 Å². The van der Waals surface area contributed by atoms with Gasteiger partial charge in [-0.2, -0.15) is 0 Å². The van der Waals surface area contributed by atoms with Crippen molar-refractivity contribution in [1.82, 2.24) is 10.2 Å². The van der Waals surface area contributed by atoms with Gasteiger partial charge in [0.05, 0.1) is 19.8 Å². The van der Waals surface area contributed by atoms with Crippen LogP contribution in [0.3, 0.4) is 0 Å². The number of carbonyl (C=O) groups is 1. The molecule has 6 heteroatoms. The van der Waals surface area contributed by atoms with Crippen LogP contribution in [0.4, 0.5) is 5.69 Å². The Hall–Kier alpha value is -1.63. The Morgan fingerprint density at radius 2 is 2.08 bits per heavy atom. The number of ether oxygens (including phenoxy) is 2. The summed E-state index contributed by atoms with van der Waals surface area (Å²) in [6.45, 7) is 9.19. The fraction of sp³-hybridized carbons (Fsp3) is 0.611. The topological polar surface area (TPSA) is 54.0 Å². The van der Waals surface area contributed by atoms with Gasteiger partial charge in [0.1, 0.15) is 0 Å². The van der Waals surface area contributed by atoms with Crippen LogP contribution in [0.5, 0.6) is 0 Å². The van der Waals surface area contributed by atoms with E-state index in [9.17, 15) is 4.79 Å². The monoisotopic (exact) mass is 333 g/mol. The number of amides is 1. The number of hydrogen-bond acceptors (Lipinski definition) is 5. The maximum atomic E-state index is 12.0. The number of benzene rings is 1. The van der Waals surface area contributed by atoms with E-state index in [1.165, 1.54) is 11.3 Å². The Morgan fingerprint density at radius 1 is 1.25 bits per heavy atom. The number of carbonyl (C=O) groups excluding carboxylic acids is 1. The number of piperazine rings is 1. The summed E-state index contributed by atoms with van der Waals surface area (Å²) < 4.78 is 10.7. The highest BCUT2D eigenvalue weighted by atomic mass is 16.6. The fourth-order valence-electron chi connectivity index (χ4n) is 3.14. The molecule has 1 N–H and O–H groups in total. The first-order chi connectivity index (χ1) is 11.7. The van der Waals surface area contributed by atoms with Gasteiger partial charge in [0, 0.05) is 45.0 Å². The second-order valence-electron chi connectivity index (χ2n) is 6.39. The van der Waals surface area contributed by atoms with Crippen LogP contribution in [0.25, 0.3) is 0 Å². The van der Waals surface area contributed by atoms with Gasteiger partial charge in [0.25, 0.3) is 5.91 Å². The molecule has 24 heavy (non-hydrogen) atoms. The van der Waals surface area contributed by atoms with E-state index in [-0.39, 0.29) is 5.91 Å². The largest absolute Gasteiger partial charge is 0.376 e. The summed E-state index contributed by atoms with van der Waals surface area (Å²) in [6, 6.07) is 8.66. The van der Waals surface area contributed by atoms with Gasteiger partial charge in [0.2, 0.25) is 0 Å². The van der Waals surface area contributed by atoms with Crippen LogP contribution in [-0.4, -0.2) is 76.0 Å². The lowest BCUT2D eigenvalue weighted by Crippen LogP contribution is -2.50. The standard InChI is InChI=1S/C18H27N3O3/c1-15-3-2-4-16(13-15)21-9-7-20(8-10-21)6-5-19-18(22)17-14-23-11-12-24-17/h2-4,13,17H,5-12,14H2,1H3,(H,19,22)/t17-/m1/s1. The van der Waals surface area contributed by atoms with Crippen molar-refractivity contribution < 1.29 is 14.3 Å². The van der Waals surface area contributed by atoms with E-state index in [2.05, 4.69) is 46.3 Å². The minimum atomic E-state index is -0.447. The summed E-state index contributed by atoms with van der Waals surface area (Å²) in [5.41, 5.74) is 2.60. The van der Waals surface area contributed by atoms with E-state index in [0.29, 0.717) is 26.4 Å². The maximum Gasteiger partial charge on any atom is 0.251 e. The smallest absolute Gasteiger partial charge is 0.251 e. The van der Waals surface area contributed by atoms with E-state index in [1.54, 1.807) is 0 Å². The predicted molar refractivity (Wildman–Crippen MR) is 93.4 cm³/mol. The highest BCUT2D eigenvalue weighted by Crippen LogP contribution is 2.17. The van der Waals surface area contributed by atoms with Gasteiger partial charge >= 0.3 is 0 Å². The summed E-state index contributed by atoms with van der Waals surface area (Å²) in [6.07, 6.45) is -0.447. The predicted octanol–water partition coefficient (Wildman–Crippen LogP) is 0.649. The van der Waals surface area contributed by atoms with Gasteiger partial charge in [-0.05, 0) is 24.6 Å². The molecule has 132 valence electrons. The molecule has 2 fully saturated rings. The third kappa shape index (κ3) is 4.69. The SMILES string of the molecule is Cc1cccc(N2CCN(CCNC(=O)[C@H]3COCCO3)CC2)c1. The number of nitrogens with zero attached hydrogens (tertiary/aromatic N) is 2. The van der Waals surface area contributed by atoms with Gasteiger partial charge in [-0.3, -0.25) is 9.69 Å². The van der Waals surface area contributed by atoms with Crippen molar-refractivity contribution in [1.29, 1.82) is 0 Å². The van der Waals surface area contributed by atoms with Gasteiger partial charge in [-0.15, -0.1) is 0 Å². The van der Waals surface area contributed by atoms with E-state index in [1.807, 2.05) is 0 Å². The molecule has 2 aliphatic rings. The fourth-order valence-corrected chi connectivity index (χ4v) is 3.14. The lowest BCUT2D eigenvalue weighted by Gasteiger charge is -2.36. The maximum absolute atomic E-state index is 12.0. The molecular weight excluding hydrogens is 306 g/mol. The molecule has 0 spiro atoms. The molecule has 3 rings (SSSR count). The molecule has 1 atom stereocenters. The van der Waals surface area contributed by atoms with Crippen molar-refractivity contribution in [3.63, 3.8) is 0 Å². The molecule has 2 heterocycles. The van der Waals surface area contributed by atoms with Crippen molar-refractivity contribution in [2.75, 3.05) is 64.0 Å². The van der Waals surface area contributed by atoms with Gasteiger partial charge < -0.3 is 19.7 Å². The van der Waals surface area contributed by atoms with Crippen LogP contribution in [0.2, 0.25) is 0 Å². The Morgan fingerprint density at radius 3 is 2.79 bits per heavy atom. The zero-order chi connectivity index (χ0) is 16.8. The number of hydrogen-bond donors (Lipinski definition) is 1. The van der Waals surface area contributed by atoms with Gasteiger partial charge in [-0.25, -0.2) is 0 Å². The second kappa shape index (κ2) is 8.46. The summed E-state index contributed by atoms with van der Waals surface area (Å²) in [7, 11) is 0. The van der Waals surface area contributed by atoms with Crippen LogP contribution in [0, 0.1) is 6.92 Å². The minimum absolute atomic E-state index is 0.0619. The summed E-state index contributed by atoms with van der Waals surface area (Å²) >= 11 is 0. The van der Waals surface area contributed by atoms with Crippen molar-refractivity contribution in [3.05, 3.63) is 29.8 Å². The summed E-state index contributed by atoms with van der Waals surface area (Å²) in [5, 5.41) is 2.95. The Kier molecular flexibility index (Phi) is 6.07. The third-order valence-corrected chi connectivity index (χ3v) is 4.57. The van der Waals surface area contributed by atoms with Crippen molar-refractivity contribution in [2.45, 2.75) is 13.0 Å². The molecule has 0 saturated carbocycles. The van der Waals surface area contributed by atoms with Gasteiger partial charge in [0.15, 0.2) is 6.10 Å². The lowest BCUT2D eigenvalue weighted by atomic mass is 10.2. The van der Waals surface area contributed by atoms with E-state index < -0.39 is 6.10 Å². The molecule has 0 unspecified atom stereocenters. The molecule has 2 aliphatic heterocycles. The van der Waals surface area contributed by atoms with Crippen LogP contribution in [-0.2, 0) is 14.3 Å². The average Bonchev–Trinajstić information content (AvgIpc) is 2.63. The Bertz CT molecular complexity index is 538. The molecule has 6 nitrogen and oxygen atoms in total. The summed E-state index contributed by atoms with van der Waals surface area (Å²) in [4.78, 5) is 16.8. The highest BCUT2D eigenvalue weighted by Gasteiger charge is 2.22. The summed E-state index contributed by atoms with van der Waals surface area (Å²) in [5.74, 6) is -0.0619.